The third-order valence-electron chi connectivity index (χ3n) is 4.76. The van der Waals surface area contributed by atoms with Crippen molar-refractivity contribution in [2.75, 3.05) is 5.32 Å². The van der Waals surface area contributed by atoms with Crippen molar-refractivity contribution in [3.63, 3.8) is 0 Å². The highest BCUT2D eigenvalue weighted by molar-refractivity contribution is 7.16. The summed E-state index contributed by atoms with van der Waals surface area (Å²) >= 11 is 1.64. The highest BCUT2D eigenvalue weighted by Crippen LogP contribution is 2.39. The summed E-state index contributed by atoms with van der Waals surface area (Å²) in [6.07, 6.45) is 10.1. The van der Waals surface area contributed by atoms with E-state index in [0.29, 0.717) is 5.76 Å². The van der Waals surface area contributed by atoms with Crippen molar-refractivity contribution < 1.29 is 9.21 Å². The third kappa shape index (κ3) is 4.19. The van der Waals surface area contributed by atoms with Crippen LogP contribution in [0.3, 0.4) is 0 Å². The summed E-state index contributed by atoms with van der Waals surface area (Å²) in [4.78, 5) is 19.0. The maximum absolute atomic E-state index is 13.1. The number of rotatable bonds is 4. The van der Waals surface area contributed by atoms with Gasteiger partial charge in [0.15, 0.2) is 0 Å². The minimum Gasteiger partial charge on any atom is -0.463 e. The number of furan rings is 1. The van der Waals surface area contributed by atoms with Crippen molar-refractivity contribution in [2.24, 2.45) is 4.99 Å². The lowest BCUT2D eigenvalue weighted by atomic mass is 9.96. The van der Waals surface area contributed by atoms with E-state index >= 15 is 0 Å². The Balaban J connectivity index is 1.70. The third-order valence-corrected chi connectivity index (χ3v) is 5.96. The first-order valence-electron chi connectivity index (χ1n) is 9.40. The summed E-state index contributed by atoms with van der Waals surface area (Å²) < 4.78 is 5.35. The number of amides is 1. The number of hydrogen-bond acceptors (Lipinski definition) is 4. The van der Waals surface area contributed by atoms with Gasteiger partial charge in [0.25, 0.3) is 5.91 Å². The van der Waals surface area contributed by atoms with Crippen molar-refractivity contribution >= 4 is 34.1 Å². The smallest absolute Gasteiger partial charge is 0.259 e. The molecule has 1 amide bonds. The first-order valence-corrected chi connectivity index (χ1v) is 10.2. The Bertz CT molecular complexity index is 927. The number of hydrogen-bond donors (Lipinski definition) is 1. The molecular formula is C22H22N2O2S. The molecule has 0 fully saturated rings. The first kappa shape index (κ1) is 17.7. The fourth-order valence-corrected chi connectivity index (χ4v) is 4.66. The number of nitrogens with one attached hydrogen (secondary N) is 1. The molecular weight excluding hydrogens is 356 g/mol. The van der Waals surface area contributed by atoms with E-state index in [1.165, 1.54) is 29.7 Å². The topological polar surface area (TPSA) is 54.6 Å². The number of anilines is 1. The van der Waals surface area contributed by atoms with Crippen LogP contribution < -0.4 is 5.32 Å². The number of nitrogens with zero attached hydrogens (tertiary/aromatic N) is 1. The zero-order valence-electron chi connectivity index (χ0n) is 15.1. The molecule has 0 bridgehead atoms. The summed E-state index contributed by atoms with van der Waals surface area (Å²) in [7, 11) is 0. The van der Waals surface area contributed by atoms with Gasteiger partial charge >= 0.3 is 0 Å². The molecule has 4 rings (SSSR count). The molecule has 2 aromatic heterocycles. The second-order valence-corrected chi connectivity index (χ2v) is 7.78. The maximum atomic E-state index is 13.1. The van der Waals surface area contributed by atoms with Gasteiger partial charge in [-0.1, -0.05) is 31.0 Å². The van der Waals surface area contributed by atoms with Crippen LogP contribution in [-0.2, 0) is 12.8 Å². The van der Waals surface area contributed by atoms with Crippen molar-refractivity contribution in [1.82, 2.24) is 0 Å². The van der Waals surface area contributed by atoms with Crippen LogP contribution in [0.15, 0.2) is 58.1 Å². The van der Waals surface area contributed by atoms with E-state index in [1.807, 2.05) is 42.5 Å². The van der Waals surface area contributed by atoms with Gasteiger partial charge in [-0.3, -0.25) is 4.79 Å². The number of aryl methyl sites for hydroxylation is 1. The number of para-hydroxylation sites is 1. The average molecular weight is 378 g/mol. The minimum atomic E-state index is -0.0779. The number of carbonyl (C=O) groups excluding carboxylic acids is 1. The molecule has 27 heavy (non-hydrogen) atoms. The minimum absolute atomic E-state index is 0.0779. The summed E-state index contributed by atoms with van der Waals surface area (Å²) in [5, 5.41) is 3.80. The highest BCUT2D eigenvalue weighted by atomic mass is 32.1. The molecule has 0 radical (unpaired) electrons. The van der Waals surface area contributed by atoms with Crippen molar-refractivity contribution in [2.45, 2.75) is 38.5 Å². The molecule has 5 heteroatoms. The quantitative estimate of drug-likeness (QED) is 0.566. The molecule has 138 valence electrons. The van der Waals surface area contributed by atoms with E-state index < -0.39 is 0 Å². The standard InChI is InChI=1S/C22H22N2O2S/c25-21(24-16-9-4-3-5-10-16)20-18-12-6-1-2-7-13-19(18)27-22(20)23-15-17-11-8-14-26-17/h3-5,8-11,14-15H,1-2,6-7,12-13H2,(H,24,25). The SMILES string of the molecule is O=C(Nc1ccccc1)c1c(N=Cc2ccco2)sc2c1CCCCCC2. The Morgan fingerprint density at radius 3 is 2.63 bits per heavy atom. The van der Waals surface area contributed by atoms with Gasteiger partial charge in [0.2, 0.25) is 0 Å². The van der Waals surface area contributed by atoms with E-state index in [4.69, 9.17) is 4.42 Å². The Morgan fingerprint density at radius 1 is 1.04 bits per heavy atom. The van der Waals surface area contributed by atoms with Crippen molar-refractivity contribution in [1.29, 1.82) is 0 Å². The molecule has 0 unspecified atom stereocenters. The van der Waals surface area contributed by atoms with Crippen molar-refractivity contribution in [3.8, 4) is 0 Å². The summed E-state index contributed by atoms with van der Waals surface area (Å²) in [5.41, 5.74) is 2.71. The number of fused-ring (bicyclic) bond motifs is 1. The Morgan fingerprint density at radius 2 is 1.85 bits per heavy atom. The van der Waals surface area contributed by atoms with Gasteiger partial charge in [0, 0.05) is 10.6 Å². The number of benzene rings is 1. The van der Waals surface area contributed by atoms with Gasteiger partial charge < -0.3 is 9.73 Å². The molecule has 0 atom stereocenters. The first-order chi connectivity index (χ1) is 13.3. The van der Waals surface area contributed by atoms with Gasteiger partial charge in [-0.25, -0.2) is 4.99 Å². The van der Waals surface area contributed by atoms with Gasteiger partial charge in [-0.2, -0.15) is 0 Å². The van der Waals surface area contributed by atoms with Gasteiger partial charge in [0.1, 0.15) is 10.8 Å². The van der Waals surface area contributed by atoms with Crippen molar-refractivity contribution in [3.05, 3.63) is 70.5 Å². The van der Waals surface area contributed by atoms with Gasteiger partial charge in [-0.05, 0) is 55.5 Å². The molecule has 1 N–H and O–H groups in total. The van der Waals surface area contributed by atoms with Crippen LogP contribution in [0.25, 0.3) is 0 Å². The second kappa shape index (κ2) is 8.35. The highest BCUT2D eigenvalue weighted by Gasteiger charge is 2.24. The van der Waals surface area contributed by atoms with E-state index in [9.17, 15) is 4.79 Å². The molecule has 1 aromatic carbocycles. The molecule has 0 saturated carbocycles. The summed E-state index contributed by atoms with van der Waals surface area (Å²) in [6.45, 7) is 0. The van der Waals surface area contributed by atoms with E-state index in [0.717, 1.165) is 35.5 Å². The molecule has 0 aliphatic heterocycles. The Labute approximate surface area is 163 Å². The summed E-state index contributed by atoms with van der Waals surface area (Å²) in [5.74, 6) is 0.608. The molecule has 4 nitrogen and oxygen atoms in total. The van der Waals surface area contributed by atoms with E-state index in [1.54, 1.807) is 23.8 Å². The molecule has 2 heterocycles. The van der Waals surface area contributed by atoms with Crippen LogP contribution in [0.1, 0.15) is 52.2 Å². The normalized spacial score (nSPS) is 14.5. The molecule has 0 spiro atoms. The fourth-order valence-electron chi connectivity index (χ4n) is 3.43. The molecule has 0 saturated heterocycles. The second-order valence-electron chi connectivity index (χ2n) is 6.69. The maximum Gasteiger partial charge on any atom is 0.259 e. The van der Waals surface area contributed by atoms with Crippen LogP contribution in [0.2, 0.25) is 0 Å². The predicted octanol–water partition coefficient (Wildman–Crippen LogP) is 6.00. The number of aliphatic imine (C=N–C) groups is 1. The Kier molecular flexibility index (Phi) is 5.49. The fraction of sp³-hybridized carbons (Fsp3) is 0.273. The lowest BCUT2D eigenvalue weighted by Crippen LogP contribution is -2.14. The average Bonchev–Trinajstić information content (AvgIpc) is 3.28. The molecule has 1 aliphatic carbocycles. The molecule has 3 aromatic rings. The van der Waals surface area contributed by atoms with Crippen LogP contribution in [0.5, 0.6) is 0 Å². The molecule has 1 aliphatic rings. The van der Waals surface area contributed by atoms with Gasteiger partial charge in [0.05, 0.1) is 18.0 Å². The van der Waals surface area contributed by atoms with E-state index in [2.05, 4.69) is 10.3 Å². The zero-order chi connectivity index (χ0) is 18.5. The zero-order valence-corrected chi connectivity index (χ0v) is 15.9. The number of carbonyl (C=O) groups is 1. The predicted molar refractivity (Wildman–Crippen MR) is 111 cm³/mol. The van der Waals surface area contributed by atoms with Crippen LogP contribution in [-0.4, -0.2) is 12.1 Å². The number of thiophene rings is 1. The van der Waals surface area contributed by atoms with Crippen LogP contribution in [0, 0.1) is 0 Å². The Hall–Kier alpha value is -2.66. The van der Waals surface area contributed by atoms with Crippen LogP contribution in [0.4, 0.5) is 10.7 Å². The lowest BCUT2D eigenvalue weighted by Gasteiger charge is -2.11. The largest absolute Gasteiger partial charge is 0.463 e. The van der Waals surface area contributed by atoms with Crippen LogP contribution >= 0.6 is 11.3 Å². The summed E-state index contributed by atoms with van der Waals surface area (Å²) in [6, 6.07) is 13.3. The lowest BCUT2D eigenvalue weighted by molar-refractivity contribution is 0.102. The van der Waals surface area contributed by atoms with E-state index in [-0.39, 0.29) is 5.91 Å². The monoisotopic (exact) mass is 378 g/mol. The van der Waals surface area contributed by atoms with Gasteiger partial charge in [-0.15, -0.1) is 11.3 Å².